The predicted molar refractivity (Wildman–Crippen MR) is 108 cm³/mol. The van der Waals surface area contributed by atoms with E-state index in [1.807, 2.05) is 26.4 Å². The number of aromatic nitrogens is 2. The topological polar surface area (TPSA) is 63.5 Å². The van der Waals surface area contributed by atoms with Crippen LogP contribution in [0.4, 0.5) is 4.39 Å². The summed E-state index contributed by atoms with van der Waals surface area (Å²) >= 11 is 0. The Hall–Kier alpha value is -1.84. The first-order valence-electron chi connectivity index (χ1n) is 7.91. The lowest BCUT2D eigenvalue weighted by atomic mass is 10.2. The Kier molecular flexibility index (Phi) is 9.25. The van der Waals surface area contributed by atoms with Crippen LogP contribution in [0.2, 0.25) is 0 Å². The monoisotopic (exact) mass is 461 g/mol. The molecule has 0 fully saturated rings. The fourth-order valence-electron chi connectivity index (χ4n) is 2.19. The summed E-state index contributed by atoms with van der Waals surface area (Å²) < 4.78 is 20.9. The lowest BCUT2D eigenvalue weighted by Gasteiger charge is -2.18. The van der Waals surface area contributed by atoms with E-state index in [1.54, 1.807) is 29.9 Å². The molecule has 0 spiro atoms. The van der Waals surface area contributed by atoms with Crippen molar-refractivity contribution in [2.24, 2.45) is 12.0 Å². The number of nitrogens with one attached hydrogen (secondary N) is 2. The number of guanidine groups is 1. The summed E-state index contributed by atoms with van der Waals surface area (Å²) in [5.74, 6) is 0.581. The van der Waals surface area contributed by atoms with E-state index in [4.69, 9.17) is 4.74 Å². The lowest BCUT2D eigenvalue weighted by molar-refractivity contribution is 0.214. The van der Waals surface area contributed by atoms with Crippen LogP contribution in [0.3, 0.4) is 0 Å². The maximum Gasteiger partial charge on any atom is 0.191 e. The summed E-state index contributed by atoms with van der Waals surface area (Å²) in [5.41, 5.74) is 1.16. The number of nitrogens with zero attached hydrogens (tertiary/aromatic N) is 3. The number of aryl methyl sites for hydroxylation is 1. The summed E-state index contributed by atoms with van der Waals surface area (Å²) in [6, 6.07) is 6.39. The summed E-state index contributed by atoms with van der Waals surface area (Å²) in [6.45, 7) is 3.14. The van der Waals surface area contributed by atoms with Crippen LogP contribution < -0.4 is 15.4 Å². The zero-order valence-electron chi connectivity index (χ0n) is 14.7. The zero-order chi connectivity index (χ0) is 17.4. The SMILES string of the molecule is CN=C(NCCc1cnn(C)c1)NCC(C)Oc1ccccc1F.I. The van der Waals surface area contributed by atoms with Crippen molar-refractivity contribution in [3.63, 3.8) is 0 Å². The Bertz CT molecular complexity index is 677. The quantitative estimate of drug-likeness (QED) is 0.378. The zero-order valence-corrected chi connectivity index (χ0v) is 17.0. The molecule has 0 radical (unpaired) electrons. The number of aliphatic imine (C=N–C) groups is 1. The molecule has 0 bridgehead atoms. The van der Waals surface area contributed by atoms with Crippen LogP contribution >= 0.6 is 24.0 Å². The summed E-state index contributed by atoms with van der Waals surface area (Å²) in [6.07, 6.45) is 4.50. The minimum Gasteiger partial charge on any atom is -0.486 e. The molecule has 0 aliphatic carbocycles. The minimum atomic E-state index is -0.358. The second-order valence-corrected chi connectivity index (χ2v) is 5.51. The number of hydrogen-bond acceptors (Lipinski definition) is 3. The highest BCUT2D eigenvalue weighted by atomic mass is 127. The summed E-state index contributed by atoms with van der Waals surface area (Å²) in [4.78, 5) is 4.16. The van der Waals surface area contributed by atoms with Gasteiger partial charge < -0.3 is 15.4 Å². The van der Waals surface area contributed by atoms with Gasteiger partial charge in [0.05, 0.1) is 12.7 Å². The van der Waals surface area contributed by atoms with Crippen LogP contribution in [0.1, 0.15) is 12.5 Å². The van der Waals surface area contributed by atoms with Gasteiger partial charge in [0.15, 0.2) is 17.5 Å². The highest BCUT2D eigenvalue weighted by Crippen LogP contribution is 2.16. The molecule has 0 amide bonds. The smallest absolute Gasteiger partial charge is 0.191 e. The second kappa shape index (κ2) is 10.9. The molecule has 1 aromatic heterocycles. The molecule has 25 heavy (non-hydrogen) atoms. The van der Waals surface area contributed by atoms with Crippen molar-refractivity contribution in [1.82, 2.24) is 20.4 Å². The number of rotatable bonds is 7. The van der Waals surface area contributed by atoms with Gasteiger partial charge in [-0.3, -0.25) is 9.67 Å². The maximum absolute atomic E-state index is 13.6. The van der Waals surface area contributed by atoms with Gasteiger partial charge in [0.2, 0.25) is 0 Å². The van der Waals surface area contributed by atoms with Gasteiger partial charge in [0.25, 0.3) is 0 Å². The van der Waals surface area contributed by atoms with Crippen LogP contribution in [-0.2, 0) is 13.5 Å². The number of benzene rings is 1. The summed E-state index contributed by atoms with van der Waals surface area (Å²) in [7, 11) is 3.61. The third kappa shape index (κ3) is 7.29. The van der Waals surface area contributed by atoms with Crippen LogP contribution in [0.25, 0.3) is 0 Å². The molecule has 1 heterocycles. The average molecular weight is 461 g/mol. The Morgan fingerprint density at radius 1 is 1.36 bits per heavy atom. The minimum absolute atomic E-state index is 0. The fraction of sp³-hybridized carbons (Fsp3) is 0.412. The van der Waals surface area contributed by atoms with Crippen molar-refractivity contribution in [1.29, 1.82) is 0 Å². The van der Waals surface area contributed by atoms with Gasteiger partial charge in [-0.25, -0.2) is 4.39 Å². The van der Waals surface area contributed by atoms with Gasteiger partial charge in [-0.1, -0.05) is 12.1 Å². The first-order valence-corrected chi connectivity index (χ1v) is 7.91. The van der Waals surface area contributed by atoms with Gasteiger partial charge in [-0.05, 0) is 31.0 Å². The van der Waals surface area contributed by atoms with Crippen molar-refractivity contribution >= 4 is 29.9 Å². The largest absolute Gasteiger partial charge is 0.486 e. The van der Waals surface area contributed by atoms with E-state index in [0.29, 0.717) is 12.5 Å². The number of ether oxygens (including phenoxy) is 1. The highest BCUT2D eigenvalue weighted by Gasteiger charge is 2.08. The van der Waals surface area contributed by atoms with Crippen LogP contribution in [-0.4, -0.2) is 42.0 Å². The Labute approximate surface area is 164 Å². The van der Waals surface area contributed by atoms with Crippen molar-refractivity contribution < 1.29 is 9.13 Å². The summed E-state index contributed by atoms with van der Waals surface area (Å²) in [5, 5.41) is 10.5. The molecular formula is C17H25FIN5O. The number of hydrogen-bond donors (Lipinski definition) is 2. The van der Waals surface area contributed by atoms with E-state index in [0.717, 1.165) is 18.5 Å². The molecular weight excluding hydrogens is 436 g/mol. The van der Waals surface area contributed by atoms with Gasteiger partial charge >= 0.3 is 0 Å². The predicted octanol–water partition coefficient (Wildman–Crippen LogP) is 2.35. The lowest BCUT2D eigenvalue weighted by Crippen LogP contribution is -2.42. The molecule has 1 aromatic carbocycles. The third-order valence-corrected chi connectivity index (χ3v) is 3.41. The van der Waals surface area contributed by atoms with E-state index in [9.17, 15) is 4.39 Å². The number of para-hydroxylation sites is 1. The van der Waals surface area contributed by atoms with Crippen molar-refractivity contribution in [3.8, 4) is 5.75 Å². The van der Waals surface area contributed by atoms with Crippen molar-refractivity contribution in [2.45, 2.75) is 19.4 Å². The van der Waals surface area contributed by atoms with Crippen LogP contribution in [0, 0.1) is 5.82 Å². The molecule has 1 atom stereocenters. The molecule has 2 rings (SSSR count). The number of halogens is 2. The van der Waals surface area contributed by atoms with E-state index in [-0.39, 0.29) is 41.6 Å². The molecule has 2 N–H and O–H groups in total. The molecule has 6 nitrogen and oxygen atoms in total. The molecule has 0 saturated heterocycles. The molecule has 0 aliphatic rings. The first kappa shape index (κ1) is 21.2. The third-order valence-electron chi connectivity index (χ3n) is 3.41. The maximum atomic E-state index is 13.6. The van der Waals surface area contributed by atoms with Gasteiger partial charge in [-0.2, -0.15) is 5.10 Å². The first-order chi connectivity index (χ1) is 11.6. The second-order valence-electron chi connectivity index (χ2n) is 5.51. The van der Waals surface area contributed by atoms with E-state index >= 15 is 0 Å². The van der Waals surface area contributed by atoms with Gasteiger partial charge in [0, 0.05) is 26.8 Å². The molecule has 8 heteroatoms. The van der Waals surface area contributed by atoms with Crippen LogP contribution in [0.5, 0.6) is 5.75 Å². The Morgan fingerprint density at radius 2 is 2.12 bits per heavy atom. The van der Waals surface area contributed by atoms with E-state index in [1.165, 1.54) is 6.07 Å². The van der Waals surface area contributed by atoms with Gasteiger partial charge in [0.1, 0.15) is 6.10 Å². The molecule has 1 unspecified atom stereocenters. The molecule has 2 aromatic rings. The molecule has 0 aliphatic heterocycles. The molecule has 138 valence electrons. The molecule has 0 saturated carbocycles. The van der Waals surface area contributed by atoms with Crippen molar-refractivity contribution in [3.05, 3.63) is 48.0 Å². The fourth-order valence-corrected chi connectivity index (χ4v) is 2.19. The Balaban J connectivity index is 0.00000312. The normalized spacial score (nSPS) is 12.2. The van der Waals surface area contributed by atoms with E-state index in [2.05, 4.69) is 20.7 Å². The highest BCUT2D eigenvalue weighted by molar-refractivity contribution is 14.0. The van der Waals surface area contributed by atoms with Crippen molar-refractivity contribution in [2.75, 3.05) is 20.1 Å². The van der Waals surface area contributed by atoms with E-state index < -0.39 is 0 Å². The standard InChI is InChI=1S/C17H24FN5O.HI/c1-13(24-16-7-5-4-6-15(16)18)10-21-17(19-2)20-9-8-14-11-22-23(3)12-14;/h4-7,11-13H,8-10H2,1-3H3,(H2,19,20,21);1H. The van der Waals surface area contributed by atoms with Gasteiger partial charge in [-0.15, -0.1) is 24.0 Å². The Morgan fingerprint density at radius 3 is 2.76 bits per heavy atom. The van der Waals surface area contributed by atoms with Crippen LogP contribution in [0.15, 0.2) is 41.7 Å². The average Bonchev–Trinajstić information content (AvgIpc) is 2.98.